The number of carbonyl (C=O) groups is 5. The van der Waals surface area contributed by atoms with E-state index in [0.29, 0.717) is 24.2 Å². The van der Waals surface area contributed by atoms with Crippen LogP contribution in [-0.2, 0) is 47.0 Å². The predicted molar refractivity (Wildman–Crippen MR) is 220 cm³/mol. The molecule has 2 aliphatic heterocycles. The van der Waals surface area contributed by atoms with E-state index in [1.807, 2.05) is 52.0 Å². The molecule has 0 radical (unpaired) electrons. The van der Waals surface area contributed by atoms with Gasteiger partial charge in [0, 0.05) is 55.6 Å². The molecule has 0 spiro atoms. The third kappa shape index (κ3) is 11.3. The molecule has 5 rings (SSSR count). The molecule has 2 fully saturated rings. The lowest BCUT2D eigenvalue weighted by molar-refractivity contribution is -0.135. The van der Waals surface area contributed by atoms with Gasteiger partial charge in [0.15, 0.2) is 0 Å². The average Bonchev–Trinajstić information content (AvgIpc) is 3.88. The summed E-state index contributed by atoms with van der Waals surface area (Å²) in [5.41, 5.74) is 2.24. The summed E-state index contributed by atoms with van der Waals surface area (Å²) in [6.07, 6.45) is 3.34. The lowest BCUT2D eigenvalue weighted by atomic mass is 9.99. The van der Waals surface area contributed by atoms with Crippen LogP contribution < -0.4 is 31.3 Å². The van der Waals surface area contributed by atoms with Crippen LogP contribution in [0, 0.1) is 11.8 Å². The number of benzene rings is 2. The summed E-state index contributed by atoms with van der Waals surface area (Å²) in [5.74, 6) is -3.00. The Morgan fingerprint density at radius 3 is 2.02 bits per heavy atom. The van der Waals surface area contributed by atoms with Crippen LogP contribution >= 0.6 is 0 Å². The molecule has 3 heterocycles. The maximum absolute atomic E-state index is 14.4. The number of H-pyrrole nitrogens is 1. The SMILES string of the molecule is COc1ccc(C[C@@H]2NC(=O)[C@H](CC(C)C)NC(=O)[C@@H](Cc3c[nH]c4ccccc34)NC(=O)CN(S(=O)(=O)N3CCCC3)C[C@H](C(C)C)NC(=O)[C@@H](C)NC2=O)cc1. The van der Waals surface area contributed by atoms with E-state index in [0.717, 1.165) is 20.8 Å². The standard InChI is InChI=1S/C41H58N8O8S/c1-25(2)19-33-40(53)46-34(20-28-13-15-30(57-6)16-14-28)39(52)43-27(5)38(51)47-36(26(3)4)23-49(58(55,56)48-17-9-10-18-48)24-37(50)44-35(41(54)45-33)21-29-22-42-32-12-8-7-11-31(29)32/h7-8,11-16,22,25-27,33-36,42H,9-10,17-21,23-24H2,1-6H3,(H,43,52)(H,44,50)(H,45,54)(H,46,53)(H,47,51)/t27-,33+,34+,35-,36-/m1/s1. The summed E-state index contributed by atoms with van der Waals surface area (Å²) < 4.78 is 35.9. The van der Waals surface area contributed by atoms with E-state index >= 15 is 0 Å². The van der Waals surface area contributed by atoms with Gasteiger partial charge in [-0.3, -0.25) is 24.0 Å². The predicted octanol–water partition coefficient (Wildman–Crippen LogP) is 1.76. The molecule has 0 unspecified atom stereocenters. The number of hydrogen-bond donors (Lipinski definition) is 6. The Bertz CT molecular complexity index is 2030. The Kier molecular flexibility index (Phi) is 14.9. The summed E-state index contributed by atoms with van der Waals surface area (Å²) in [6, 6.07) is 9.10. The van der Waals surface area contributed by atoms with Gasteiger partial charge in [0.25, 0.3) is 10.2 Å². The minimum Gasteiger partial charge on any atom is -0.497 e. The summed E-state index contributed by atoms with van der Waals surface area (Å²) in [4.78, 5) is 73.5. The van der Waals surface area contributed by atoms with Gasteiger partial charge in [-0.2, -0.15) is 17.0 Å². The van der Waals surface area contributed by atoms with E-state index in [-0.39, 0.29) is 50.7 Å². The van der Waals surface area contributed by atoms with Crippen molar-refractivity contribution in [1.29, 1.82) is 0 Å². The number of amides is 5. The second kappa shape index (κ2) is 19.6. The molecule has 0 saturated carbocycles. The number of rotatable bonds is 10. The first-order chi connectivity index (χ1) is 27.5. The summed E-state index contributed by atoms with van der Waals surface area (Å²) >= 11 is 0. The van der Waals surface area contributed by atoms with E-state index in [1.165, 1.54) is 18.3 Å². The Labute approximate surface area is 340 Å². The van der Waals surface area contributed by atoms with Crippen LogP contribution in [0.15, 0.2) is 54.7 Å². The van der Waals surface area contributed by atoms with E-state index in [4.69, 9.17) is 4.74 Å². The number of nitrogens with zero attached hydrogens (tertiary/aromatic N) is 2. The Balaban J connectivity index is 1.55. The molecule has 1 aromatic heterocycles. The molecular weight excluding hydrogens is 765 g/mol. The third-order valence-electron chi connectivity index (χ3n) is 10.6. The highest BCUT2D eigenvalue weighted by Gasteiger charge is 2.38. The molecule has 3 aromatic rings. The van der Waals surface area contributed by atoms with Crippen molar-refractivity contribution in [2.45, 2.75) is 96.9 Å². The fourth-order valence-corrected chi connectivity index (χ4v) is 8.91. The maximum Gasteiger partial charge on any atom is 0.282 e. The third-order valence-corrected chi connectivity index (χ3v) is 12.6. The van der Waals surface area contributed by atoms with Crippen molar-refractivity contribution < 1.29 is 37.1 Å². The number of aromatic nitrogens is 1. The number of aromatic amines is 1. The van der Waals surface area contributed by atoms with Crippen LogP contribution in [0.5, 0.6) is 5.75 Å². The van der Waals surface area contributed by atoms with E-state index in [9.17, 15) is 32.4 Å². The molecule has 2 aromatic carbocycles. The molecule has 316 valence electrons. The smallest absolute Gasteiger partial charge is 0.282 e. The number of hydrogen-bond acceptors (Lipinski definition) is 8. The Hall–Kier alpha value is -5.00. The van der Waals surface area contributed by atoms with Crippen LogP contribution in [0.4, 0.5) is 0 Å². The summed E-state index contributed by atoms with van der Waals surface area (Å²) in [5, 5.41) is 14.9. The molecule has 2 aliphatic rings. The number of nitrogens with one attached hydrogen (secondary N) is 6. The quantitative estimate of drug-likeness (QED) is 0.177. The summed E-state index contributed by atoms with van der Waals surface area (Å²) in [6.45, 7) is 8.59. The molecule has 17 heteroatoms. The van der Waals surface area contributed by atoms with Gasteiger partial charge in [0.2, 0.25) is 29.5 Å². The molecule has 16 nitrogen and oxygen atoms in total. The van der Waals surface area contributed by atoms with Gasteiger partial charge < -0.3 is 36.3 Å². The van der Waals surface area contributed by atoms with Crippen molar-refractivity contribution >= 4 is 50.6 Å². The largest absolute Gasteiger partial charge is 0.497 e. The zero-order chi connectivity index (χ0) is 42.1. The molecule has 0 bridgehead atoms. The molecule has 58 heavy (non-hydrogen) atoms. The van der Waals surface area contributed by atoms with Crippen LogP contribution in [-0.4, -0.2) is 115 Å². The van der Waals surface area contributed by atoms with Crippen LogP contribution in [0.25, 0.3) is 10.9 Å². The van der Waals surface area contributed by atoms with E-state index in [2.05, 4.69) is 31.6 Å². The van der Waals surface area contributed by atoms with Gasteiger partial charge >= 0.3 is 0 Å². The first kappa shape index (κ1) is 44.1. The van der Waals surface area contributed by atoms with Gasteiger partial charge in [0.1, 0.15) is 29.9 Å². The lowest BCUT2D eigenvalue weighted by Crippen LogP contribution is -2.61. The average molecular weight is 823 g/mol. The van der Waals surface area contributed by atoms with E-state index in [1.54, 1.807) is 30.5 Å². The van der Waals surface area contributed by atoms with Gasteiger partial charge in [0.05, 0.1) is 13.7 Å². The normalized spacial score (nSPS) is 24.1. The topological polar surface area (TPSA) is 211 Å². The maximum atomic E-state index is 14.4. The van der Waals surface area contributed by atoms with Crippen LogP contribution in [0.3, 0.4) is 0 Å². The molecule has 2 saturated heterocycles. The lowest BCUT2D eigenvalue weighted by Gasteiger charge is -2.33. The molecule has 0 aliphatic carbocycles. The fourth-order valence-electron chi connectivity index (χ4n) is 7.24. The highest BCUT2D eigenvalue weighted by atomic mass is 32.2. The monoisotopic (exact) mass is 822 g/mol. The van der Waals surface area contributed by atoms with Crippen molar-refractivity contribution in [3.05, 3.63) is 65.9 Å². The molecule has 5 atom stereocenters. The van der Waals surface area contributed by atoms with Crippen molar-refractivity contribution in [1.82, 2.24) is 40.2 Å². The second-order valence-electron chi connectivity index (χ2n) is 16.0. The minimum absolute atomic E-state index is 0.0154. The highest BCUT2D eigenvalue weighted by Crippen LogP contribution is 2.21. The number of fused-ring (bicyclic) bond motifs is 1. The van der Waals surface area contributed by atoms with Gasteiger partial charge in [-0.15, -0.1) is 0 Å². The Morgan fingerprint density at radius 2 is 1.36 bits per heavy atom. The van der Waals surface area contributed by atoms with E-state index < -0.39 is 76.5 Å². The Morgan fingerprint density at radius 1 is 0.741 bits per heavy atom. The van der Waals surface area contributed by atoms with Crippen molar-refractivity contribution in [3.63, 3.8) is 0 Å². The minimum atomic E-state index is -4.19. The highest BCUT2D eigenvalue weighted by molar-refractivity contribution is 7.86. The van der Waals surface area contributed by atoms with Gasteiger partial charge in [-0.1, -0.05) is 58.0 Å². The van der Waals surface area contributed by atoms with Crippen LogP contribution in [0.1, 0.15) is 65.0 Å². The zero-order valence-electron chi connectivity index (χ0n) is 34.2. The number of carbonyl (C=O) groups excluding carboxylic acids is 5. The van der Waals surface area contributed by atoms with Crippen LogP contribution in [0.2, 0.25) is 0 Å². The number of ether oxygens (including phenoxy) is 1. The van der Waals surface area contributed by atoms with Crippen molar-refractivity contribution in [2.75, 3.05) is 33.3 Å². The molecular formula is C41H58N8O8S. The second-order valence-corrected chi connectivity index (χ2v) is 17.9. The van der Waals surface area contributed by atoms with Gasteiger partial charge in [-0.25, -0.2) is 0 Å². The van der Waals surface area contributed by atoms with Crippen molar-refractivity contribution in [3.8, 4) is 5.75 Å². The first-order valence-electron chi connectivity index (χ1n) is 20.0. The molecule has 6 N–H and O–H groups in total. The van der Waals surface area contributed by atoms with Gasteiger partial charge in [-0.05, 0) is 67.3 Å². The first-order valence-corrected chi connectivity index (χ1v) is 21.4. The number of para-hydroxylation sites is 1. The summed E-state index contributed by atoms with van der Waals surface area (Å²) in [7, 11) is -2.66. The fraction of sp³-hybridized carbons (Fsp3) is 0.537. The molecule has 5 amide bonds. The number of methoxy groups -OCH3 is 1. The zero-order valence-corrected chi connectivity index (χ0v) is 35.0. The van der Waals surface area contributed by atoms with Crippen molar-refractivity contribution in [2.24, 2.45) is 11.8 Å².